The number of aliphatic carboxylic acids is 1. The summed E-state index contributed by atoms with van der Waals surface area (Å²) in [5.74, 6) is -0.756. The Labute approximate surface area is 117 Å². The highest BCUT2D eigenvalue weighted by atomic mass is 16.6. The lowest BCUT2D eigenvalue weighted by atomic mass is 10.3. The number of hydrogen-bond donors (Lipinski definition) is 1. The molecule has 1 heterocycles. The second-order valence-electron chi connectivity index (χ2n) is 4.87. The summed E-state index contributed by atoms with van der Waals surface area (Å²) < 4.78 is 1.52. The van der Waals surface area contributed by atoms with E-state index in [0.29, 0.717) is 18.7 Å². The maximum atomic E-state index is 11.3. The van der Waals surface area contributed by atoms with Crippen LogP contribution in [0.5, 0.6) is 0 Å². The van der Waals surface area contributed by atoms with E-state index in [4.69, 9.17) is 5.11 Å². The highest BCUT2D eigenvalue weighted by Crippen LogP contribution is 2.33. The van der Waals surface area contributed by atoms with Crippen molar-refractivity contribution in [2.24, 2.45) is 0 Å². The Kier molecular flexibility index (Phi) is 5.06. The maximum absolute atomic E-state index is 11.3. The molecular weight excluding hydrogens is 264 g/mol. The molecule has 0 spiro atoms. The molecule has 0 aliphatic carbocycles. The van der Waals surface area contributed by atoms with Gasteiger partial charge in [-0.05, 0) is 27.2 Å². The molecule has 8 nitrogen and oxygen atoms in total. The van der Waals surface area contributed by atoms with Crippen molar-refractivity contribution < 1.29 is 14.8 Å². The molecule has 1 rings (SSSR count). The monoisotopic (exact) mass is 284 g/mol. The van der Waals surface area contributed by atoms with E-state index < -0.39 is 10.9 Å². The van der Waals surface area contributed by atoms with Gasteiger partial charge in [0, 0.05) is 12.6 Å². The molecule has 8 heteroatoms. The quantitative estimate of drug-likeness (QED) is 0.606. The summed E-state index contributed by atoms with van der Waals surface area (Å²) in [6.07, 6.45) is 0.687. The molecule has 0 bridgehead atoms. The third kappa shape index (κ3) is 3.25. The summed E-state index contributed by atoms with van der Waals surface area (Å²) in [7, 11) is 0. The standard InChI is InChI=1S/C12H20N4O4/c1-5-6-14(7-10(17)18)12-11(16(19)20)9(4)13-15(12)8(2)3/h8H,5-7H2,1-4H3,(H,17,18). The van der Waals surface area contributed by atoms with E-state index >= 15 is 0 Å². The maximum Gasteiger partial charge on any atom is 0.333 e. The van der Waals surface area contributed by atoms with Crippen LogP contribution >= 0.6 is 0 Å². The number of carbonyl (C=O) groups is 1. The summed E-state index contributed by atoms with van der Waals surface area (Å²) in [5, 5.41) is 24.4. The molecule has 0 unspecified atom stereocenters. The van der Waals surface area contributed by atoms with Crippen molar-refractivity contribution in [1.29, 1.82) is 0 Å². The van der Waals surface area contributed by atoms with Crippen LogP contribution < -0.4 is 4.90 Å². The minimum atomic E-state index is -1.03. The molecule has 1 aromatic rings. The Morgan fingerprint density at radius 1 is 1.55 bits per heavy atom. The molecule has 0 saturated heterocycles. The third-order valence-electron chi connectivity index (χ3n) is 2.82. The van der Waals surface area contributed by atoms with E-state index in [1.54, 1.807) is 6.92 Å². The summed E-state index contributed by atoms with van der Waals surface area (Å²) in [4.78, 5) is 23.2. The average Bonchev–Trinajstić information content (AvgIpc) is 2.65. The number of rotatable bonds is 7. The fraction of sp³-hybridized carbons (Fsp3) is 0.667. The van der Waals surface area contributed by atoms with Crippen LogP contribution in [0, 0.1) is 17.0 Å². The first-order chi connectivity index (χ1) is 9.29. The number of anilines is 1. The molecule has 20 heavy (non-hydrogen) atoms. The normalized spacial score (nSPS) is 10.8. The van der Waals surface area contributed by atoms with Gasteiger partial charge in [-0.2, -0.15) is 5.10 Å². The number of carboxylic acid groups (broad SMARTS) is 1. The summed E-state index contributed by atoms with van der Waals surface area (Å²) >= 11 is 0. The number of nitro groups is 1. The molecule has 1 N–H and O–H groups in total. The molecule has 0 amide bonds. The highest BCUT2D eigenvalue weighted by Gasteiger charge is 2.31. The molecule has 112 valence electrons. The lowest BCUT2D eigenvalue weighted by Crippen LogP contribution is -2.33. The number of aryl methyl sites for hydroxylation is 1. The zero-order chi connectivity index (χ0) is 15.4. The van der Waals surface area contributed by atoms with Crippen LogP contribution in [-0.4, -0.2) is 38.9 Å². The SMILES string of the molecule is CCCN(CC(=O)O)c1c([N+](=O)[O-])c(C)nn1C(C)C. The second-order valence-corrected chi connectivity index (χ2v) is 4.87. The number of hydrogen-bond acceptors (Lipinski definition) is 5. The highest BCUT2D eigenvalue weighted by molar-refractivity contribution is 5.75. The molecule has 0 radical (unpaired) electrons. The van der Waals surface area contributed by atoms with E-state index in [1.807, 2.05) is 20.8 Å². The zero-order valence-corrected chi connectivity index (χ0v) is 12.2. The molecule has 0 aliphatic heterocycles. The average molecular weight is 284 g/mol. The van der Waals surface area contributed by atoms with Gasteiger partial charge in [0.25, 0.3) is 0 Å². The van der Waals surface area contributed by atoms with Gasteiger partial charge in [-0.15, -0.1) is 0 Å². The number of carboxylic acids is 1. The number of aromatic nitrogens is 2. The smallest absolute Gasteiger partial charge is 0.333 e. The van der Waals surface area contributed by atoms with Crippen LogP contribution in [0.4, 0.5) is 11.5 Å². The lowest BCUT2D eigenvalue weighted by Gasteiger charge is -2.23. The lowest BCUT2D eigenvalue weighted by molar-refractivity contribution is -0.384. The van der Waals surface area contributed by atoms with E-state index in [-0.39, 0.29) is 24.1 Å². The molecule has 0 fully saturated rings. The van der Waals surface area contributed by atoms with Crippen LogP contribution in [0.2, 0.25) is 0 Å². The summed E-state index contributed by atoms with van der Waals surface area (Å²) in [6.45, 7) is 7.29. The molecule has 1 aromatic heterocycles. The predicted octanol–water partition coefficient (Wildman–Crippen LogP) is 1.98. The van der Waals surface area contributed by atoms with Crippen molar-refractivity contribution in [2.45, 2.75) is 40.2 Å². The van der Waals surface area contributed by atoms with Crippen LogP contribution in [0.3, 0.4) is 0 Å². The molecular formula is C12H20N4O4. The van der Waals surface area contributed by atoms with Crippen LogP contribution in [0.15, 0.2) is 0 Å². The number of nitrogens with zero attached hydrogens (tertiary/aromatic N) is 4. The van der Waals surface area contributed by atoms with Crippen molar-refractivity contribution in [1.82, 2.24) is 9.78 Å². The largest absolute Gasteiger partial charge is 0.480 e. The Morgan fingerprint density at radius 2 is 2.15 bits per heavy atom. The van der Waals surface area contributed by atoms with Crippen molar-refractivity contribution in [2.75, 3.05) is 18.0 Å². The van der Waals surface area contributed by atoms with Gasteiger partial charge in [0.2, 0.25) is 5.82 Å². The zero-order valence-electron chi connectivity index (χ0n) is 12.2. The Morgan fingerprint density at radius 3 is 2.55 bits per heavy atom. The van der Waals surface area contributed by atoms with Crippen molar-refractivity contribution >= 4 is 17.5 Å². The van der Waals surface area contributed by atoms with Gasteiger partial charge < -0.3 is 10.0 Å². The van der Waals surface area contributed by atoms with Gasteiger partial charge >= 0.3 is 11.7 Å². The first-order valence-electron chi connectivity index (χ1n) is 6.49. The minimum Gasteiger partial charge on any atom is -0.480 e. The van der Waals surface area contributed by atoms with E-state index in [1.165, 1.54) is 9.58 Å². The predicted molar refractivity (Wildman–Crippen MR) is 74.1 cm³/mol. The van der Waals surface area contributed by atoms with Gasteiger partial charge in [-0.25, -0.2) is 4.68 Å². The second kappa shape index (κ2) is 6.36. The van der Waals surface area contributed by atoms with Crippen molar-refractivity contribution in [3.8, 4) is 0 Å². The van der Waals surface area contributed by atoms with Crippen molar-refractivity contribution in [3.05, 3.63) is 15.8 Å². The fourth-order valence-corrected chi connectivity index (χ4v) is 2.09. The van der Waals surface area contributed by atoms with Gasteiger partial charge in [0.05, 0.1) is 4.92 Å². The van der Waals surface area contributed by atoms with Gasteiger partial charge in [0.15, 0.2) is 0 Å². The molecule has 0 saturated carbocycles. The van der Waals surface area contributed by atoms with Gasteiger partial charge in [0.1, 0.15) is 12.2 Å². The Balaban J connectivity index is 3.42. The molecule has 0 atom stereocenters. The summed E-state index contributed by atoms with van der Waals surface area (Å²) in [5.41, 5.74) is 0.179. The van der Waals surface area contributed by atoms with Gasteiger partial charge in [-0.1, -0.05) is 6.92 Å². The topological polar surface area (TPSA) is 102 Å². The van der Waals surface area contributed by atoms with Gasteiger partial charge in [-0.3, -0.25) is 14.9 Å². The first-order valence-corrected chi connectivity index (χ1v) is 6.49. The molecule has 0 aromatic carbocycles. The van der Waals surface area contributed by atoms with E-state index in [0.717, 1.165) is 0 Å². The van der Waals surface area contributed by atoms with Crippen LogP contribution in [-0.2, 0) is 4.79 Å². The van der Waals surface area contributed by atoms with Crippen LogP contribution in [0.25, 0.3) is 0 Å². The Bertz CT molecular complexity index is 510. The first kappa shape index (κ1) is 15.9. The fourth-order valence-electron chi connectivity index (χ4n) is 2.09. The van der Waals surface area contributed by atoms with E-state index in [9.17, 15) is 14.9 Å². The van der Waals surface area contributed by atoms with E-state index in [2.05, 4.69) is 5.10 Å². The van der Waals surface area contributed by atoms with Crippen molar-refractivity contribution in [3.63, 3.8) is 0 Å². The minimum absolute atomic E-state index is 0.0921. The molecule has 0 aliphatic rings. The third-order valence-corrected chi connectivity index (χ3v) is 2.82. The summed E-state index contributed by atoms with van der Waals surface area (Å²) in [6, 6.07) is -0.0921. The van der Waals surface area contributed by atoms with Crippen LogP contribution in [0.1, 0.15) is 38.9 Å². The Hall–Kier alpha value is -2.12.